The van der Waals surface area contributed by atoms with Gasteiger partial charge in [0.1, 0.15) is 5.69 Å². The van der Waals surface area contributed by atoms with E-state index in [9.17, 15) is 9.59 Å². The largest absolute Gasteiger partial charge is 0.356 e. The predicted octanol–water partition coefficient (Wildman–Crippen LogP) is 3.49. The maximum Gasteiger partial charge on any atom is 0.270 e. The van der Waals surface area contributed by atoms with Gasteiger partial charge in [0.2, 0.25) is 5.91 Å². The Hall–Kier alpha value is -2.12. The highest BCUT2D eigenvalue weighted by Crippen LogP contribution is 2.26. The molecule has 0 bridgehead atoms. The molecule has 2 amide bonds. The molecule has 3 N–H and O–H groups in total. The number of hydrogen-bond donors (Lipinski definition) is 3. The lowest BCUT2D eigenvalue weighted by atomic mass is 10.2. The number of halogens is 1. The summed E-state index contributed by atoms with van der Waals surface area (Å²) in [6.45, 7) is 4.88. The Labute approximate surface area is 156 Å². The highest BCUT2D eigenvalue weighted by molar-refractivity contribution is 7.14. The average Bonchev–Trinajstić information content (AvgIpc) is 3.05. The maximum atomic E-state index is 12.1. The second kappa shape index (κ2) is 9.39. The van der Waals surface area contributed by atoms with Crippen LogP contribution in [-0.2, 0) is 4.79 Å². The number of amides is 2. The molecule has 0 radical (unpaired) electrons. The molecule has 0 saturated carbocycles. The molecule has 0 fully saturated rings. The lowest BCUT2D eigenvalue weighted by Crippen LogP contribution is -2.31. The van der Waals surface area contributed by atoms with Gasteiger partial charge in [-0.2, -0.15) is 0 Å². The molecule has 0 unspecified atom stereocenters. The summed E-state index contributed by atoms with van der Waals surface area (Å²) in [5.74, 6) is -0.366. The minimum atomic E-state index is -0.296. The van der Waals surface area contributed by atoms with E-state index < -0.39 is 0 Å². The van der Waals surface area contributed by atoms with Crippen LogP contribution < -0.4 is 16.0 Å². The van der Waals surface area contributed by atoms with E-state index in [0.29, 0.717) is 22.4 Å². The van der Waals surface area contributed by atoms with Crippen LogP contribution in [0.2, 0.25) is 5.02 Å². The van der Waals surface area contributed by atoms with Gasteiger partial charge in [0.25, 0.3) is 5.91 Å². The van der Waals surface area contributed by atoms with Gasteiger partial charge in [-0.3, -0.25) is 9.59 Å². The van der Waals surface area contributed by atoms with E-state index in [0.717, 1.165) is 17.7 Å². The van der Waals surface area contributed by atoms with Crippen LogP contribution in [0.4, 0.5) is 10.8 Å². The molecule has 0 atom stereocenters. The molecule has 0 aliphatic carbocycles. The number of carbonyl (C=O) groups excluding carboxylic acids is 2. The van der Waals surface area contributed by atoms with E-state index in [2.05, 4.69) is 20.9 Å². The Morgan fingerprint density at radius 3 is 2.80 bits per heavy atom. The van der Waals surface area contributed by atoms with E-state index in [1.807, 2.05) is 32.0 Å². The van der Waals surface area contributed by atoms with Crippen LogP contribution in [0.15, 0.2) is 23.6 Å². The number of carbonyl (C=O) groups is 2. The Bertz CT molecular complexity index is 748. The molecule has 134 valence electrons. The zero-order chi connectivity index (χ0) is 18.2. The summed E-state index contributed by atoms with van der Waals surface area (Å²) in [6, 6.07) is 5.54. The summed E-state index contributed by atoms with van der Waals surface area (Å²) < 4.78 is 0. The van der Waals surface area contributed by atoms with Crippen molar-refractivity contribution < 1.29 is 9.59 Å². The van der Waals surface area contributed by atoms with Gasteiger partial charge in [-0.25, -0.2) is 4.98 Å². The molecule has 0 aliphatic rings. The second-order valence-electron chi connectivity index (χ2n) is 5.48. The fourth-order valence-corrected chi connectivity index (χ4v) is 2.89. The van der Waals surface area contributed by atoms with E-state index in [4.69, 9.17) is 11.6 Å². The number of hydrogen-bond acceptors (Lipinski definition) is 5. The van der Waals surface area contributed by atoms with Gasteiger partial charge in [-0.1, -0.05) is 24.6 Å². The SMILES string of the molecule is CCCNC(=O)CCNC(=O)c1csc(Nc2cc(Cl)ccc2C)n1. The number of thiazole rings is 1. The molecule has 0 saturated heterocycles. The molecule has 6 nitrogen and oxygen atoms in total. The highest BCUT2D eigenvalue weighted by Gasteiger charge is 2.12. The molecular formula is C17H21ClN4O2S. The van der Waals surface area contributed by atoms with E-state index in [1.165, 1.54) is 11.3 Å². The van der Waals surface area contributed by atoms with Gasteiger partial charge in [0.05, 0.1) is 0 Å². The maximum absolute atomic E-state index is 12.1. The lowest BCUT2D eigenvalue weighted by molar-refractivity contribution is -0.120. The Balaban J connectivity index is 1.86. The molecule has 0 aliphatic heterocycles. The van der Waals surface area contributed by atoms with Gasteiger partial charge in [-0.15, -0.1) is 11.3 Å². The summed E-state index contributed by atoms with van der Waals surface area (Å²) in [6.07, 6.45) is 1.14. The number of nitrogens with one attached hydrogen (secondary N) is 3. The van der Waals surface area contributed by atoms with Crippen molar-refractivity contribution in [2.24, 2.45) is 0 Å². The first-order valence-electron chi connectivity index (χ1n) is 8.03. The molecule has 1 aromatic carbocycles. The normalized spacial score (nSPS) is 10.4. The quantitative estimate of drug-likeness (QED) is 0.654. The van der Waals surface area contributed by atoms with Gasteiger partial charge in [0.15, 0.2) is 5.13 Å². The Kier molecular flexibility index (Phi) is 7.21. The van der Waals surface area contributed by atoms with E-state index >= 15 is 0 Å². The monoisotopic (exact) mass is 380 g/mol. The van der Waals surface area contributed by atoms with Crippen LogP contribution in [0.25, 0.3) is 0 Å². The fourth-order valence-electron chi connectivity index (χ4n) is 2.01. The van der Waals surface area contributed by atoms with Gasteiger partial charge in [-0.05, 0) is 31.0 Å². The van der Waals surface area contributed by atoms with Gasteiger partial charge >= 0.3 is 0 Å². The average molecular weight is 381 g/mol. The van der Waals surface area contributed by atoms with Crippen LogP contribution in [0.1, 0.15) is 35.8 Å². The van der Waals surface area contributed by atoms with Crippen molar-refractivity contribution in [3.8, 4) is 0 Å². The van der Waals surface area contributed by atoms with Gasteiger partial charge in [0, 0.05) is 35.6 Å². The number of anilines is 2. The first kappa shape index (κ1) is 19.2. The molecular weight excluding hydrogens is 360 g/mol. The summed E-state index contributed by atoms with van der Waals surface area (Å²) in [5, 5.41) is 11.5. The minimum Gasteiger partial charge on any atom is -0.356 e. The van der Waals surface area contributed by atoms with Crippen molar-refractivity contribution in [1.29, 1.82) is 0 Å². The van der Waals surface area contributed by atoms with E-state index in [1.54, 1.807) is 5.38 Å². The summed E-state index contributed by atoms with van der Waals surface area (Å²) >= 11 is 7.33. The standard InChI is InChI=1S/C17H21ClN4O2S/c1-3-7-19-15(23)6-8-20-16(24)14-10-25-17(22-14)21-13-9-12(18)5-4-11(13)2/h4-5,9-10H,3,6-8H2,1-2H3,(H,19,23)(H,20,24)(H,21,22). The van der Waals surface area contributed by atoms with Crippen molar-refractivity contribution >= 4 is 45.6 Å². The zero-order valence-electron chi connectivity index (χ0n) is 14.2. The topological polar surface area (TPSA) is 83.1 Å². The van der Waals surface area contributed by atoms with Crippen LogP contribution >= 0.6 is 22.9 Å². The lowest BCUT2D eigenvalue weighted by Gasteiger charge is -2.07. The Morgan fingerprint density at radius 2 is 2.04 bits per heavy atom. The van der Waals surface area contributed by atoms with Crippen molar-refractivity contribution in [2.45, 2.75) is 26.7 Å². The summed E-state index contributed by atoms with van der Waals surface area (Å²) in [4.78, 5) is 27.8. The molecule has 0 spiro atoms. The highest BCUT2D eigenvalue weighted by atomic mass is 35.5. The Morgan fingerprint density at radius 1 is 1.24 bits per heavy atom. The number of aryl methyl sites for hydroxylation is 1. The third-order valence-electron chi connectivity index (χ3n) is 3.39. The van der Waals surface area contributed by atoms with Crippen molar-refractivity contribution in [3.05, 3.63) is 39.9 Å². The molecule has 2 rings (SSSR count). The third-order valence-corrected chi connectivity index (χ3v) is 4.38. The van der Waals surface area contributed by atoms with Crippen molar-refractivity contribution in [2.75, 3.05) is 18.4 Å². The van der Waals surface area contributed by atoms with Crippen LogP contribution in [0.5, 0.6) is 0 Å². The molecule has 2 aromatic rings. The van der Waals surface area contributed by atoms with Crippen molar-refractivity contribution in [1.82, 2.24) is 15.6 Å². The van der Waals surface area contributed by atoms with Gasteiger partial charge < -0.3 is 16.0 Å². The predicted molar refractivity (Wildman–Crippen MR) is 102 cm³/mol. The minimum absolute atomic E-state index is 0.0702. The summed E-state index contributed by atoms with van der Waals surface area (Å²) in [5.41, 5.74) is 2.20. The second-order valence-corrected chi connectivity index (χ2v) is 6.77. The number of aromatic nitrogens is 1. The van der Waals surface area contributed by atoms with Crippen LogP contribution in [-0.4, -0.2) is 29.9 Å². The third kappa shape index (κ3) is 6.03. The molecule has 1 heterocycles. The number of rotatable bonds is 8. The van der Waals surface area contributed by atoms with E-state index in [-0.39, 0.29) is 24.8 Å². The molecule has 25 heavy (non-hydrogen) atoms. The molecule has 8 heteroatoms. The van der Waals surface area contributed by atoms with Crippen LogP contribution in [0.3, 0.4) is 0 Å². The number of benzene rings is 1. The van der Waals surface area contributed by atoms with Crippen molar-refractivity contribution in [3.63, 3.8) is 0 Å². The first-order chi connectivity index (χ1) is 12.0. The zero-order valence-corrected chi connectivity index (χ0v) is 15.8. The van der Waals surface area contributed by atoms with Crippen LogP contribution in [0, 0.1) is 6.92 Å². The smallest absolute Gasteiger partial charge is 0.270 e. The fraction of sp³-hybridized carbons (Fsp3) is 0.353. The molecule has 1 aromatic heterocycles. The first-order valence-corrected chi connectivity index (χ1v) is 9.29. The summed E-state index contributed by atoms with van der Waals surface area (Å²) in [7, 11) is 0. The number of nitrogens with zero attached hydrogens (tertiary/aromatic N) is 1.